The highest BCUT2D eigenvalue weighted by molar-refractivity contribution is 6.09. The van der Waals surface area contributed by atoms with Crippen LogP contribution >= 0.6 is 0 Å². The minimum Gasteiger partial charge on any atom is -0.289 e. The summed E-state index contributed by atoms with van der Waals surface area (Å²) < 4.78 is 0. The van der Waals surface area contributed by atoms with Crippen molar-refractivity contribution in [3.63, 3.8) is 0 Å². The standard InChI is InChI=1S/C14H10N2O3/c17-14(8-7-11-4-3-9-15-10-11)12-5-1-2-6-13(12)16(18)19/h1-10H/b8-7+. The van der Waals surface area contributed by atoms with Gasteiger partial charge in [-0.15, -0.1) is 0 Å². The number of carbonyl (C=O) groups is 1. The number of rotatable bonds is 4. The molecule has 0 unspecified atom stereocenters. The molecular weight excluding hydrogens is 244 g/mol. The molecule has 0 aliphatic carbocycles. The van der Waals surface area contributed by atoms with Crippen molar-refractivity contribution in [2.24, 2.45) is 0 Å². The van der Waals surface area contributed by atoms with E-state index in [1.807, 2.05) is 0 Å². The summed E-state index contributed by atoms with van der Waals surface area (Å²) in [6.07, 6.45) is 6.11. The van der Waals surface area contributed by atoms with Gasteiger partial charge in [0.1, 0.15) is 0 Å². The third-order valence-corrected chi connectivity index (χ3v) is 2.48. The summed E-state index contributed by atoms with van der Waals surface area (Å²) in [6.45, 7) is 0. The third kappa shape index (κ3) is 3.10. The Kier molecular flexibility index (Phi) is 3.78. The van der Waals surface area contributed by atoms with Crippen LogP contribution in [0.3, 0.4) is 0 Å². The highest BCUT2D eigenvalue weighted by atomic mass is 16.6. The quantitative estimate of drug-likeness (QED) is 0.364. The summed E-state index contributed by atoms with van der Waals surface area (Å²) in [5, 5.41) is 10.8. The predicted octanol–water partition coefficient (Wildman–Crippen LogP) is 2.89. The Bertz CT molecular complexity index is 636. The summed E-state index contributed by atoms with van der Waals surface area (Å²) in [6, 6.07) is 9.41. The lowest BCUT2D eigenvalue weighted by atomic mass is 10.1. The first-order valence-corrected chi connectivity index (χ1v) is 5.54. The minimum absolute atomic E-state index is 0.0765. The molecule has 0 aliphatic rings. The van der Waals surface area contributed by atoms with E-state index in [0.717, 1.165) is 5.56 Å². The van der Waals surface area contributed by atoms with E-state index in [4.69, 9.17) is 0 Å². The molecule has 0 bridgehead atoms. The van der Waals surface area contributed by atoms with Gasteiger partial charge >= 0.3 is 0 Å². The van der Waals surface area contributed by atoms with Gasteiger partial charge in [0.2, 0.25) is 0 Å². The number of pyridine rings is 1. The lowest BCUT2D eigenvalue weighted by Crippen LogP contribution is -2.00. The van der Waals surface area contributed by atoms with Crippen molar-refractivity contribution < 1.29 is 9.72 Å². The molecule has 0 saturated heterocycles. The zero-order chi connectivity index (χ0) is 13.7. The molecule has 94 valence electrons. The maximum atomic E-state index is 11.9. The van der Waals surface area contributed by atoms with Crippen LogP contribution in [0.5, 0.6) is 0 Å². The summed E-state index contributed by atoms with van der Waals surface area (Å²) in [4.78, 5) is 26.1. The van der Waals surface area contributed by atoms with Gasteiger partial charge in [0.15, 0.2) is 5.78 Å². The van der Waals surface area contributed by atoms with Crippen LogP contribution < -0.4 is 0 Å². The van der Waals surface area contributed by atoms with E-state index in [0.29, 0.717) is 0 Å². The molecular formula is C14H10N2O3. The van der Waals surface area contributed by atoms with E-state index in [9.17, 15) is 14.9 Å². The van der Waals surface area contributed by atoms with Gasteiger partial charge in [-0.05, 0) is 29.8 Å². The summed E-state index contributed by atoms with van der Waals surface area (Å²) in [7, 11) is 0. The Morgan fingerprint density at radius 2 is 2.00 bits per heavy atom. The SMILES string of the molecule is O=C(/C=C/c1cccnc1)c1ccccc1[N+](=O)[O-]. The Morgan fingerprint density at radius 1 is 1.21 bits per heavy atom. The molecule has 5 nitrogen and oxygen atoms in total. The van der Waals surface area contributed by atoms with E-state index in [1.54, 1.807) is 36.7 Å². The van der Waals surface area contributed by atoms with Crippen molar-refractivity contribution in [2.45, 2.75) is 0 Å². The molecule has 2 rings (SSSR count). The zero-order valence-corrected chi connectivity index (χ0v) is 9.89. The van der Waals surface area contributed by atoms with E-state index in [-0.39, 0.29) is 11.3 Å². The molecule has 0 spiro atoms. The molecule has 0 aliphatic heterocycles. The number of carbonyl (C=O) groups excluding carboxylic acids is 1. The van der Waals surface area contributed by atoms with Gasteiger partial charge in [-0.2, -0.15) is 0 Å². The maximum Gasteiger partial charge on any atom is 0.280 e. The first-order valence-electron chi connectivity index (χ1n) is 5.54. The van der Waals surface area contributed by atoms with Gasteiger partial charge < -0.3 is 0 Å². The molecule has 5 heteroatoms. The van der Waals surface area contributed by atoms with E-state index < -0.39 is 10.7 Å². The molecule has 0 atom stereocenters. The second-order valence-corrected chi connectivity index (χ2v) is 3.76. The maximum absolute atomic E-state index is 11.9. The van der Waals surface area contributed by atoms with Crippen LogP contribution in [0.25, 0.3) is 6.08 Å². The average Bonchev–Trinajstić information content (AvgIpc) is 2.46. The van der Waals surface area contributed by atoms with Crippen LogP contribution in [0.1, 0.15) is 15.9 Å². The monoisotopic (exact) mass is 254 g/mol. The number of ketones is 1. The Morgan fingerprint density at radius 3 is 2.68 bits per heavy atom. The fourth-order valence-electron chi connectivity index (χ4n) is 1.58. The van der Waals surface area contributed by atoms with Gasteiger partial charge in [-0.25, -0.2) is 0 Å². The first kappa shape index (κ1) is 12.6. The Labute approximate surface area is 109 Å². The van der Waals surface area contributed by atoms with Crippen molar-refractivity contribution in [2.75, 3.05) is 0 Å². The molecule has 0 saturated carbocycles. The number of hydrogen-bond donors (Lipinski definition) is 0. The Hall–Kier alpha value is -2.82. The molecule has 19 heavy (non-hydrogen) atoms. The van der Waals surface area contributed by atoms with Crippen LogP contribution in [-0.4, -0.2) is 15.7 Å². The van der Waals surface area contributed by atoms with E-state index in [2.05, 4.69) is 4.98 Å². The largest absolute Gasteiger partial charge is 0.289 e. The number of hydrogen-bond acceptors (Lipinski definition) is 4. The lowest BCUT2D eigenvalue weighted by molar-refractivity contribution is -0.385. The van der Waals surface area contributed by atoms with Crippen LogP contribution in [-0.2, 0) is 0 Å². The minimum atomic E-state index is -0.564. The molecule has 2 aromatic rings. The second-order valence-electron chi connectivity index (χ2n) is 3.76. The lowest BCUT2D eigenvalue weighted by Gasteiger charge is -1.98. The van der Waals surface area contributed by atoms with Crippen molar-refractivity contribution in [1.82, 2.24) is 4.98 Å². The molecule has 1 heterocycles. The van der Waals surface area contributed by atoms with Gasteiger partial charge in [0, 0.05) is 18.5 Å². The van der Waals surface area contributed by atoms with Gasteiger partial charge in [0.25, 0.3) is 5.69 Å². The Balaban J connectivity index is 2.26. The molecule has 0 fully saturated rings. The molecule has 1 aromatic heterocycles. The first-order chi connectivity index (χ1) is 9.18. The molecule has 0 N–H and O–H groups in total. The zero-order valence-electron chi connectivity index (χ0n) is 9.89. The summed E-state index contributed by atoms with van der Waals surface area (Å²) in [5.41, 5.74) is 0.644. The number of nitro benzene ring substituents is 1. The van der Waals surface area contributed by atoms with Crippen molar-refractivity contribution in [1.29, 1.82) is 0 Å². The predicted molar refractivity (Wildman–Crippen MR) is 70.7 cm³/mol. The highest BCUT2D eigenvalue weighted by Crippen LogP contribution is 2.18. The van der Waals surface area contributed by atoms with Crippen LogP contribution in [0.4, 0.5) is 5.69 Å². The number of benzene rings is 1. The van der Waals surface area contributed by atoms with Crippen LogP contribution in [0.15, 0.2) is 54.9 Å². The fraction of sp³-hybridized carbons (Fsp3) is 0. The number of nitrogens with zero attached hydrogens (tertiary/aromatic N) is 2. The van der Waals surface area contributed by atoms with Gasteiger partial charge in [-0.1, -0.05) is 18.2 Å². The number of para-hydroxylation sites is 1. The highest BCUT2D eigenvalue weighted by Gasteiger charge is 2.16. The third-order valence-electron chi connectivity index (χ3n) is 2.48. The second kappa shape index (κ2) is 5.68. The van der Waals surface area contributed by atoms with E-state index in [1.165, 1.54) is 24.3 Å². The fourth-order valence-corrected chi connectivity index (χ4v) is 1.58. The number of allylic oxidation sites excluding steroid dienone is 1. The van der Waals surface area contributed by atoms with Crippen LogP contribution in [0.2, 0.25) is 0 Å². The van der Waals surface area contributed by atoms with Crippen molar-refractivity contribution in [3.05, 3.63) is 76.1 Å². The molecule has 1 aromatic carbocycles. The summed E-state index contributed by atoms with van der Waals surface area (Å²) >= 11 is 0. The number of nitro groups is 1. The van der Waals surface area contributed by atoms with Crippen molar-refractivity contribution in [3.8, 4) is 0 Å². The molecule has 0 radical (unpaired) electrons. The summed E-state index contributed by atoms with van der Waals surface area (Å²) in [5.74, 6) is -0.406. The van der Waals surface area contributed by atoms with Gasteiger partial charge in [-0.3, -0.25) is 19.9 Å². The number of aromatic nitrogens is 1. The normalized spacial score (nSPS) is 10.5. The van der Waals surface area contributed by atoms with E-state index >= 15 is 0 Å². The van der Waals surface area contributed by atoms with Crippen LogP contribution in [0, 0.1) is 10.1 Å². The average molecular weight is 254 g/mol. The van der Waals surface area contributed by atoms with Crippen molar-refractivity contribution >= 4 is 17.5 Å². The topological polar surface area (TPSA) is 73.1 Å². The smallest absolute Gasteiger partial charge is 0.280 e. The van der Waals surface area contributed by atoms with Gasteiger partial charge in [0.05, 0.1) is 10.5 Å². The molecule has 0 amide bonds.